The van der Waals surface area contributed by atoms with Gasteiger partial charge in [-0.25, -0.2) is 18.8 Å². The van der Waals surface area contributed by atoms with Gasteiger partial charge in [0.05, 0.1) is 12.7 Å². The lowest BCUT2D eigenvalue weighted by Gasteiger charge is -2.40. The predicted molar refractivity (Wildman–Crippen MR) is 122 cm³/mol. The fourth-order valence-electron chi connectivity index (χ4n) is 4.57. The standard InChI is InChI=1S/C20H26FN3O3.C4H4O4/c21-16-3-1-15(2-4-16)18-11-14(13-27-18)12-23-8-5-17(6-9-23)24-10-7-19(25)22-20(24)26;5-3(6)1-2-4(7)8/h1-4,14,17-18H,5-13H2,(H,22,25,26);1-2H,(H,5,6)(H,7,8). The van der Waals surface area contributed by atoms with Crippen LogP contribution in [0.1, 0.15) is 37.4 Å². The second-order valence-corrected chi connectivity index (χ2v) is 8.81. The number of nitrogens with one attached hydrogen (secondary N) is 1. The summed E-state index contributed by atoms with van der Waals surface area (Å²) in [6, 6.07) is 6.57. The Morgan fingerprint density at radius 2 is 1.69 bits per heavy atom. The van der Waals surface area contributed by atoms with Gasteiger partial charge in [-0.3, -0.25) is 10.1 Å². The topological polar surface area (TPSA) is 136 Å². The van der Waals surface area contributed by atoms with Crippen molar-refractivity contribution in [3.63, 3.8) is 0 Å². The molecule has 0 spiro atoms. The molecule has 0 aliphatic carbocycles. The van der Waals surface area contributed by atoms with E-state index in [0.717, 1.165) is 51.1 Å². The van der Waals surface area contributed by atoms with Crippen LogP contribution in [0.15, 0.2) is 36.4 Å². The molecule has 0 radical (unpaired) electrons. The zero-order valence-electron chi connectivity index (χ0n) is 19.3. The van der Waals surface area contributed by atoms with Gasteiger partial charge in [0.25, 0.3) is 0 Å². The molecule has 2 unspecified atom stereocenters. The number of benzene rings is 1. The maximum Gasteiger partial charge on any atom is 0.328 e. The van der Waals surface area contributed by atoms with Gasteiger partial charge in [-0.05, 0) is 42.9 Å². The van der Waals surface area contributed by atoms with E-state index in [2.05, 4.69) is 10.2 Å². The highest BCUT2D eigenvalue weighted by atomic mass is 19.1. The molecule has 4 rings (SSSR count). The normalized spacial score (nSPS) is 23.6. The Bertz CT molecular complexity index is 929. The Morgan fingerprint density at radius 1 is 1.06 bits per heavy atom. The molecule has 190 valence electrons. The third-order valence-corrected chi connectivity index (χ3v) is 6.29. The smallest absolute Gasteiger partial charge is 0.328 e. The van der Waals surface area contributed by atoms with E-state index in [1.54, 1.807) is 0 Å². The molecule has 11 heteroatoms. The lowest BCUT2D eigenvalue weighted by Crippen LogP contribution is -2.56. The Kier molecular flexibility index (Phi) is 9.32. The number of hydrogen-bond donors (Lipinski definition) is 3. The molecule has 3 amide bonds. The summed E-state index contributed by atoms with van der Waals surface area (Å²) in [4.78, 5) is 46.7. The number of urea groups is 1. The van der Waals surface area contributed by atoms with Gasteiger partial charge < -0.3 is 24.7 Å². The van der Waals surface area contributed by atoms with Gasteiger partial charge >= 0.3 is 18.0 Å². The van der Waals surface area contributed by atoms with E-state index in [4.69, 9.17) is 14.9 Å². The molecular weight excluding hydrogens is 461 g/mol. The zero-order chi connectivity index (χ0) is 25.4. The summed E-state index contributed by atoms with van der Waals surface area (Å²) in [5.74, 6) is -2.43. The third kappa shape index (κ3) is 8.15. The first kappa shape index (κ1) is 26.3. The Hall–Kier alpha value is -3.31. The van der Waals surface area contributed by atoms with E-state index in [9.17, 15) is 23.6 Å². The molecule has 1 aromatic carbocycles. The summed E-state index contributed by atoms with van der Waals surface area (Å²) in [6.07, 6.45) is 4.42. The van der Waals surface area contributed by atoms with Gasteiger partial charge in [0, 0.05) is 50.8 Å². The summed E-state index contributed by atoms with van der Waals surface area (Å²) in [6.45, 7) is 4.18. The van der Waals surface area contributed by atoms with Gasteiger partial charge in [-0.1, -0.05) is 12.1 Å². The van der Waals surface area contributed by atoms with Crippen molar-refractivity contribution in [1.82, 2.24) is 15.1 Å². The number of amides is 3. The molecule has 3 N–H and O–H groups in total. The van der Waals surface area contributed by atoms with E-state index in [-0.39, 0.29) is 29.9 Å². The largest absolute Gasteiger partial charge is 0.478 e. The number of carbonyl (C=O) groups is 4. The average Bonchev–Trinajstić information content (AvgIpc) is 3.28. The van der Waals surface area contributed by atoms with Crippen LogP contribution in [0.3, 0.4) is 0 Å². The van der Waals surface area contributed by atoms with Crippen molar-refractivity contribution in [2.45, 2.75) is 37.8 Å². The molecule has 1 aromatic rings. The molecule has 3 fully saturated rings. The number of carboxylic acid groups (broad SMARTS) is 2. The van der Waals surface area contributed by atoms with Crippen LogP contribution in [-0.2, 0) is 19.1 Å². The van der Waals surface area contributed by atoms with E-state index in [0.29, 0.717) is 31.0 Å². The molecule has 0 aromatic heterocycles. The van der Waals surface area contributed by atoms with Crippen LogP contribution in [0, 0.1) is 11.7 Å². The molecule has 3 aliphatic heterocycles. The number of rotatable bonds is 6. The van der Waals surface area contributed by atoms with Crippen molar-refractivity contribution >= 4 is 23.9 Å². The van der Waals surface area contributed by atoms with E-state index in [1.807, 2.05) is 17.0 Å². The molecule has 35 heavy (non-hydrogen) atoms. The number of carbonyl (C=O) groups excluding carboxylic acids is 2. The van der Waals surface area contributed by atoms with Crippen molar-refractivity contribution in [3.8, 4) is 0 Å². The Labute approximate surface area is 202 Å². The summed E-state index contributed by atoms with van der Waals surface area (Å²) in [5.41, 5.74) is 1.04. The second kappa shape index (κ2) is 12.4. The summed E-state index contributed by atoms with van der Waals surface area (Å²) >= 11 is 0. The van der Waals surface area contributed by atoms with Crippen molar-refractivity contribution < 1.29 is 38.5 Å². The molecule has 3 saturated heterocycles. The van der Waals surface area contributed by atoms with Gasteiger partial charge in [-0.15, -0.1) is 0 Å². The van der Waals surface area contributed by atoms with Crippen LogP contribution >= 0.6 is 0 Å². The fraction of sp³-hybridized carbons (Fsp3) is 0.500. The highest BCUT2D eigenvalue weighted by molar-refractivity contribution is 5.96. The minimum Gasteiger partial charge on any atom is -0.478 e. The highest BCUT2D eigenvalue weighted by Crippen LogP contribution is 2.33. The minimum atomic E-state index is -1.26. The number of hydrogen-bond acceptors (Lipinski definition) is 6. The van der Waals surface area contributed by atoms with Gasteiger partial charge in [0.15, 0.2) is 0 Å². The van der Waals surface area contributed by atoms with Crippen molar-refractivity contribution in [2.24, 2.45) is 5.92 Å². The lowest BCUT2D eigenvalue weighted by molar-refractivity contribution is -0.134. The maximum atomic E-state index is 13.1. The number of aliphatic carboxylic acids is 2. The third-order valence-electron chi connectivity index (χ3n) is 6.29. The van der Waals surface area contributed by atoms with Crippen molar-refractivity contribution in [1.29, 1.82) is 0 Å². The number of likely N-dealkylation sites (tertiary alicyclic amines) is 1. The summed E-state index contributed by atoms with van der Waals surface area (Å²) < 4.78 is 19.0. The van der Waals surface area contributed by atoms with E-state index >= 15 is 0 Å². The molecule has 3 heterocycles. The lowest BCUT2D eigenvalue weighted by atomic mass is 9.97. The molecule has 0 saturated carbocycles. The summed E-state index contributed by atoms with van der Waals surface area (Å²) in [7, 11) is 0. The average molecular weight is 492 g/mol. The molecule has 3 aliphatic rings. The van der Waals surface area contributed by atoms with Crippen LogP contribution in [0.2, 0.25) is 0 Å². The minimum absolute atomic E-state index is 0.0581. The molecule has 0 bridgehead atoms. The van der Waals surface area contributed by atoms with Gasteiger partial charge in [0.1, 0.15) is 5.82 Å². The number of carboxylic acids is 2. The maximum absolute atomic E-state index is 13.1. The van der Waals surface area contributed by atoms with Crippen LogP contribution < -0.4 is 5.32 Å². The fourth-order valence-corrected chi connectivity index (χ4v) is 4.57. The van der Waals surface area contributed by atoms with Crippen LogP contribution in [-0.4, -0.2) is 82.7 Å². The first-order valence-corrected chi connectivity index (χ1v) is 11.5. The first-order chi connectivity index (χ1) is 16.7. The number of imide groups is 1. The molecule has 2 atom stereocenters. The number of nitrogens with zero attached hydrogens (tertiary/aromatic N) is 2. The first-order valence-electron chi connectivity index (χ1n) is 11.5. The van der Waals surface area contributed by atoms with Gasteiger partial charge in [0.2, 0.25) is 5.91 Å². The van der Waals surface area contributed by atoms with Crippen LogP contribution in [0.4, 0.5) is 9.18 Å². The Morgan fingerprint density at radius 3 is 2.26 bits per heavy atom. The zero-order valence-corrected chi connectivity index (χ0v) is 19.3. The Balaban J connectivity index is 0.000000371. The number of halogens is 1. The number of piperidine rings is 1. The monoisotopic (exact) mass is 491 g/mol. The van der Waals surface area contributed by atoms with Crippen LogP contribution in [0.5, 0.6) is 0 Å². The molecule has 10 nitrogen and oxygen atoms in total. The van der Waals surface area contributed by atoms with E-state index < -0.39 is 11.9 Å². The van der Waals surface area contributed by atoms with Crippen LogP contribution in [0.25, 0.3) is 0 Å². The molecular formula is C24H30FN3O7. The van der Waals surface area contributed by atoms with Crippen molar-refractivity contribution in [3.05, 3.63) is 47.8 Å². The number of ether oxygens (including phenoxy) is 1. The summed E-state index contributed by atoms with van der Waals surface area (Å²) in [5, 5.41) is 18.0. The quantitative estimate of drug-likeness (QED) is 0.514. The SMILES string of the molecule is O=C(O)C=CC(=O)O.O=C1CCN(C2CCN(CC3COC(c4ccc(F)cc4)C3)CC2)C(=O)N1. The predicted octanol–water partition coefficient (Wildman–Crippen LogP) is 2.02. The van der Waals surface area contributed by atoms with E-state index in [1.165, 1.54) is 12.1 Å². The van der Waals surface area contributed by atoms with Crippen molar-refractivity contribution in [2.75, 3.05) is 32.8 Å². The van der Waals surface area contributed by atoms with Gasteiger partial charge in [-0.2, -0.15) is 0 Å². The second-order valence-electron chi connectivity index (χ2n) is 8.81. The highest BCUT2D eigenvalue weighted by Gasteiger charge is 2.33.